The van der Waals surface area contributed by atoms with Gasteiger partial charge in [0.1, 0.15) is 12.1 Å². The van der Waals surface area contributed by atoms with Crippen LogP contribution in [0.1, 0.15) is 34.2 Å². The summed E-state index contributed by atoms with van der Waals surface area (Å²) in [5.74, 6) is -0.502. The molecule has 0 saturated carbocycles. The van der Waals surface area contributed by atoms with E-state index in [1.54, 1.807) is 24.3 Å². The first-order valence-electron chi connectivity index (χ1n) is 10.7. The van der Waals surface area contributed by atoms with Gasteiger partial charge in [-0.25, -0.2) is 9.97 Å². The largest absolute Gasteiger partial charge is 0.505 e. The van der Waals surface area contributed by atoms with Gasteiger partial charge in [0.25, 0.3) is 11.5 Å². The normalized spacial score (nSPS) is 10.7. The number of hydrogen-bond donors (Lipinski definition) is 3. The maximum Gasteiger partial charge on any atom is 0.280 e. The molecule has 0 spiro atoms. The predicted octanol–water partition coefficient (Wildman–Crippen LogP) is 3.90. The first kappa shape index (κ1) is 22.7. The minimum absolute atomic E-state index is 0.257. The molecule has 9 nitrogen and oxygen atoms in total. The fourth-order valence-electron chi connectivity index (χ4n) is 3.48. The van der Waals surface area contributed by atoms with Gasteiger partial charge in [-0.3, -0.25) is 9.59 Å². The number of aromatic hydroxyl groups is 1. The molecule has 9 heteroatoms. The Labute approximate surface area is 196 Å². The first-order valence-corrected chi connectivity index (χ1v) is 10.7. The fraction of sp³-hybridized carbons (Fsp3) is 0.160. The maximum absolute atomic E-state index is 13.1. The number of carbonyl (C=O) groups is 1. The van der Waals surface area contributed by atoms with E-state index in [1.165, 1.54) is 6.33 Å². The monoisotopic (exact) mass is 456 g/mol. The average molecular weight is 457 g/mol. The van der Waals surface area contributed by atoms with Crippen molar-refractivity contribution in [2.75, 3.05) is 10.6 Å². The molecule has 1 amide bonds. The summed E-state index contributed by atoms with van der Waals surface area (Å²) in [5.41, 5.74) is 3.62. The highest BCUT2D eigenvalue weighted by Gasteiger charge is 2.18. The van der Waals surface area contributed by atoms with Crippen molar-refractivity contribution in [1.29, 1.82) is 0 Å². The molecule has 34 heavy (non-hydrogen) atoms. The van der Waals surface area contributed by atoms with E-state index in [0.29, 0.717) is 29.3 Å². The van der Waals surface area contributed by atoms with E-state index in [0.717, 1.165) is 27.6 Å². The first-order chi connectivity index (χ1) is 16.3. The Morgan fingerprint density at radius 1 is 1.06 bits per heavy atom. The molecule has 172 valence electrons. The molecule has 0 aliphatic heterocycles. The van der Waals surface area contributed by atoms with Crippen molar-refractivity contribution < 1.29 is 9.90 Å². The van der Waals surface area contributed by atoms with Crippen LogP contribution in [0.3, 0.4) is 0 Å². The van der Waals surface area contributed by atoms with Crippen LogP contribution in [0.4, 0.5) is 17.2 Å². The van der Waals surface area contributed by atoms with Crippen LogP contribution in [0.15, 0.2) is 65.7 Å². The van der Waals surface area contributed by atoms with Crippen molar-refractivity contribution in [2.45, 2.75) is 27.2 Å². The topological polar surface area (TPSA) is 122 Å². The van der Waals surface area contributed by atoms with Gasteiger partial charge in [0.2, 0.25) is 0 Å². The van der Waals surface area contributed by atoms with E-state index in [4.69, 9.17) is 0 Å². The van der Waals surface area contributed by atoms with Gasteiger partial charge in [-0.05, 0) is 55.7 Å². The molecule has 0 radical (unpaired) electrons. The predicted molar refractivity (Wildman–Crippen MR) is 130 cm³/mol. The third-order valence-corrected chi connectivity index (χ3v) is 5.19. The van der Waals surface area contributed by atoms with Crippen LogP contribution in [-0.4, -0.2) is 30.8 Å². The second-order valence-electron chi connectivity index (χ2n) is 7.82. The molecule has 2 heterocycles. The maximum atomic E-state index is 13.1. The highest BCUT2D eigenvalue weighted by Crippen LogP contribution is 2.25. The van der Waals surface area contributed by atoms with Gasteiger partial charge in [-0.2, -0.15) is 9.78 Å². The van der Waals surface area contributed by atoms with Crippen LogP contribution in [0.5, 0.6) is 5.75 Å². The molecular weight excluding hydrogens is 432 g/mol. The second-order valence-corrected chi connectivity index (χ2v) is 7.82. The average Bonchev–Trinajstić information content (AvgIpc) is 2.79. The van der Waals surface area contributed by atoms with Crippen LogP contribution >= 0.6 is 0 Å². The summed E-state index contributed by atoms with van der Waals surface area (Å²) in [6.45, 7) is 5.73. The fourth-order valence-corrected chi connectivity index (χ4v) is 3.48. The second kappa shape index (κ2) is 9.53. The molecule has 0 aliphatic carbocycles. The number of nitrogens with zero attached hydrogens (tertiary/aromatic N) is 4. The molecule has 2 aromatic heterocycles. The van der Waals surface area contributed by atoms with E-state index in [-0.39, 0.29) is 5.69 Å². The lowest BCUT2D eigenvalue weighted by Crippen LogP contribution is -2.25. The molecular formula is C25H24N6O3. The molecule has 0 unspecified atom stereocenters. The van der Waals surface area contributed by atoms with Gasteiger partial charge in [0.05, 0.1) is 5.69 Å². The summed E-state index contributed by atoms with van der Waals surface area (Å²) in [6.07, 6.45) is 2.14. The smallest absolute Gasteiger partial charge is 0.280 e. The molecule has 3 N–H and O–H groups in total. The van der Waals surface area contributed by atoms with Crippen LogP contribution in [0.2, 0.25) is 0 Å². The summed E-state index contributed by atoms with van der Waals surface area (Å²) in [4.78, 5) is 33.8. The van der Waals surface area contributed by atoms with E-state index in [9.17, 15) is 14.7 Å². The summed E-state index contributed by atoms with van der Waals surface area (Å²) in [6, 6.07) is 15.5. The summed E-state index contributed by atoms with van der Waals surface area (Å²) < 4.78 is 1.10. The van der Waals surface area contributed by atoms with Gasteiger partial charge in [0, 0.05) is 29.2 Å². The molecule has 2 aromatic carbocycles. The SMILES string of the molecule is CCc1ccc(Nc2cc(C)ncn2)cc1NC(=O)c1nn(-c2cccc(C)c2)c(=O)cc1O. The van der Waals surface area contributed by atoms with Gasteiger partial charge < -0.3 is 15.7 Å². The Balaban J connectivity index is 1.65. The standard InChI is InChI=1S/C25H24N6O3/c1-4-17-8-9-18(28-22-11-16(3)26-14-27-22)12-20(17)29-25(34)24-21(32)13-23(33)31(30-24)19-7-5-6-15(2)10-19/h5-14,32H,4H2,1-3H3,(H,29,34)(H,26,27,28). The summed E-state index contributed by atoms with van der Waals surface area (Å²) in [7, 11) is 0. The minimum Gasteiger partial charge on any atom is -0.505 e. The Bertz CT molecular complexity index is 1430. The number of amides is 1. The molecule has 0 aliphatic rings. The van der Waals surface area contributed by atoms with Crippen molar-refractivity contribution in [3.63, 3.8) is 0 Å². The Kier molecular flexibility index (Phi) is 6.35. The van der Waals surface area contributed by atoms with E-state index >= 15 is 0 Å². The third-order valence-electron chi connectivity index (χ3n) is 5.19. The molecule has 4 aromatic rings. The Hall–Kier alpha value is -4.53. The van der Waals surface area contributed by atoms with Crippen molar-refractivity contribution in [3.8, 4) is 11.4 Å². The Morgan fingerprint density at radius 2 is 1.88 bits per heavy atom. The van der Waals surface area contributed by atoms with Crippen LogP contribution in [0.25, 0.3) is 5.69 Å². The van der Waals surface area contributed by atoms with Gasteiger partial charge in [-0.15, -0.1) is 0 Å². The molecule has 0 atom stereocenters. The molecule has 0 fully saturated rings. The number of aryl methyl sites for hydroxylation is 3. The molecule has 4 rings (SSSR count). The lowest BCUT2D eigenvalue weighted by molar-refractivity contribution is 0.101. The van der Waals surface area contributed by atoms with Crippen LogP contribution < -0.4 is 16.2 Å². The highest BCUT2D eigenvalue weighted by atomic mass is 16.3. The molecule has 0 saturated heterocycles. The minimum atomic E-state index is -0.636. The summed E-state index contributed by atoms with van der Waals surface area (Å²) in [5, 5.41) is 20.5. The van der Waals surface area contributed by atoms with Crippen LogP contribution in [0, 0.1) is 13.8 Å². The van der Waals surface area contributed by atoms with Crippen molar-refractivity contribution in [2.24, 2.45) is 0 Å². The summed E-state index contributed by atoms with van der Waals surface area (Å²) >= 11 is 0. The lowest BCUT2D eigenvalue weighted by atomic mass is 10.1. The zero-order valence-electron chi connectivity index (χ0n) is 19.0. The number of nitrogens with one attached hydrogen (secondary N) is 2. The van der Waals surface area contributed by atoms with Crippen molar-refractivity contribution in [1.82, 2.24) is 19.7 Å². The number of rotatable bonds is 6. The van der Waals surface area contributed by atoms with E-state index < -0.39 is 17.2 Å². The molecule has 0 bridgehead atoms. The Morgan fingerprint density at radius 3 is 2.62 bits per heavy atom. The quantitative estimate of drug-likeness (QED) is 0.402. The highest BCUT2D eigenvalue weighted by molar-refractivity contribution is 6.05. The lowest BCUT2D eigenvalue weighted by Gasteiger charge is -2.14. The van der Waals surface area contributed by atoms with E-state index in [2.05, 4.69) is 25.7 Å². The van der Waals surface area contributed by atoms with Gasteiger partial charge >= 0.3 is 0 Å². The van der Waals surface area contributed by atoms with E-state index in [1.807, 2.05) is 45.0 Å². The number of anilines is 3. The van der Waals surface area contributed by atoms with Crippen molar-refractivity contribution in [3.05, 3.63) is 93.8 Å². The zero-order valence-corrected chi connectivity index (χ0v) is 19.0. The number of aromatic nitrogens is 4. The van der Waals surface area contributed by atoms with Gasteiger partial charge in [0.15, 0.2) is 11.4 Å². The van der Waals surface area contributed by atoms with Crippen LogP contribution in [-0.2, 0) is 6.42 Å². The number of hydrogen-bond acceptors (Lipinski definition) is 7. The third kappa shape index (κ3) is 4.93. The zero-order chi connectivity index (χ0) is 24.2. The number of carbonyl (C=O) groups excluding carboxylic acids is 1. The van der Waals surface area contributed by atoms with Gasteiger partial charge in [-0.1, -0.05) is 25.1 Å². The number of benzene rings is 2. The van der Waals surface area contributed by atoms with Crippen molar-refractivity contribution >= 4 is 23.1 Å².